The normalized spacial score (nSPS) is 11.6. The monoisotopic (exact) mass is 395 g/mol. The van der Waals surface area contributed by atoms with Gasteiger partial charge in [-0.1, -0.05) is 11.6 Å². The lowest BCUT2D eigenvalue weighted by molar-refractivity contribution is -0.143. The van der Waals surface area contributed by atoms with Crippen molar-refractivity contribution in [3.05, 3.63) is 49.8 Å². The molecular formula is C14H10BrClF3NO2. The predicted octanol–water partition coefficient (Wildman–Crippen LogP) is 4.50. The summed E-state index contributed by atoms with van der Waals surface area (Å²) >= 11 is 9.33. The fourth-order valence-corrected chi connectivity index (χ4v) is 2.92. The molecule has 3 nitrogen and oxygen atoms in total. The van der Waals surface area contributed by atoms with Crippen molar-refractivity contribution in [1.29, 1.82) is 0 Å². The smallest absolute Gasteiger partial charge is 0.431 e. The molecule has 0 N–H and O–H groups in total. The van der Waals surface area contributed by atoms with E-state index in [0.717, 1.165) is 19.2 Å². The van der Waals surface area contributed by atoms with E-state index in [4.69, 9.17) is 16.3 Å². The van der Waals surface area contributed by atoms with Crippen molar-refractivity contribution in [3.63, 3.8) is 0 Å². The zero-order chi connectivity index (χ0) is 16.7. The van der Waals surface area contributed by atoms with Gasteiger partial charge in [0.2, 0.25) is 0 Å². The Balaban J connectivity index is 2.70. The van der Waals surface area contributed by atoms with E-state index in [0.29, 0.717) is 20.4 Å². The topological polar surface area (TPSA) is 31.2 Å². The van der Waals surface area contributed by atoms with E-state index in [-0.39, 0.29) is 10.6 Å². The standard InChI is InChI=1S/C14H10BrClF3NO2/c1-20-12(14(17,18)19)4-3-7(13(20)21)8-5-11(22-2)9(15)6-10(8)16/h3-6H,1-2H3. The van der Waals surface area contributed by atoms with Crippen molar-refractivity contribution in [2.75, 3.05) is 7.11 Å². The number of ether oxygens (including phenoxy) is 1. The Kier molecular flexibility index (Phi) is 4.58. The molecule has 8 heteroatoms. The summed E-state index contributed by atoms with van der Waals surface area (Å²) in [6.07, 6.45) is -4.60. The molecule has 0 bridgehead atoms. The maximum absolute atomic E-state index is 12.8. The molecule has 0 aliphatic carbocycles. The van der Waals surface area contributed by atoms with Crippen LogP contribution in [0, 0.1) is 0 Å². The fraction of sp³-hybridized carbons (Fsp3) is 0.214. The second-order valence-corrected chi connectivity index (χ2v) is 5.72. The Morgan fingerprint density at radius 2 is 1.86 bits per heavy atom. The molecule has 1 aromatic heterocycles. The van der Waals surface area contributed by atoms with Gasteiger partial charge in [0, 0.05) is 23.2 Å². The first kappa shape index (κ1) is 16.9. The molecular weight excluding hydrogens is 387 g/mol. The third kappa shape index (κ3) is 3.01. The number of nitrogens with zero attached hydrogens (tertiary/aromatic N) is 1. The Labute approximate surface area is 137 Å². The molecule has 0 spiro atoms. The van der Waals surface area contributed by atoms with Crippen LogP contribution >= 0.6 is 27.5 Å². The third-order valence-electron chi connectivity index (χ3n) is 3.13. The van der Waals surface area contributed by atoms with Gasteiger partial charge in [-0.2, -0.15) is 13.2 Å². The molecule has 1 heterocycles. The van der Waals surface area contributed by atoms with E-state index in [1.54, 1.807) is 0 Å². The van der Waals surface area contributed by atoms with E-state index < -0.39 is 17.4 Å². The number of hydrogen-bond acceptors (Lipinski definition) is 2. The molecule has 2 rings (SSSR count). The summed E-state index contributed by atoms with van der Waals surface area (Å²) in [4.78, 5) is 12.2. The highest BCUT2D eigenvalue weighted by molar-refractivity contribution is 9.10. The molecule has 0 radical (unpaired) electrons. The molecule has 0 atom stereocenters. The minimum atomic E-state index is -4.60. The van der Waals surface area contributed by atoms with E-state index >= 15 is 0 Å². The summed E-state index contributed by atoms with van der Waals surface area (Å²) < 4.78 is 44.7. The summed E-state index contributed by atoms with van der Waals surface area (Å²) in [5.41, 5.74) is -1.45. The minimum absolute atomic E-state index is 0.0614. The van der Waals surface area contributed by atoms with Gasteiger partial charge in [-0.25, -0.2) is 0 Å². The maximum atomic E-state index is 12.8. The molecule has 0 aliphatic rings. The maximum Gasteiger partial charge on any atom is 0.431 e. The molecule has 118 valence electrons. The molecule has 0 saturated heterocycles. The summed E-state index contributed by atoms with van der Waals surface area (Å²) in [5.74, 6) is 0.418. The van der Waals surface area contributed by atoms with Gasteiger partial charge in [-0.15, -0.1) is 0 Å². The van der Waals surface area contributed by atoms with Crippen LogP contribution in [-0.2, 0) is 13.2 Å². The lowest BCUT2D eigenvalue weighted by Crippen LogP contribution is -2.26. The van der Waals surface area contributed by atoms with E-state index in [1.807, 2.05) is 0 Å². The lowest BCUT2D eigenvalue weighted by atomic mass is 10.1. The Hall–Kier alpha value is -1.47. The zero-order valence-corrected chi connectivity index (χ0v) is 13.8. The van der Waals surface area contributed by atoms with E-state index in [1.165, 1.54) is 19.2 Å². The van der Waals surface area contributed by atoms with Crippen molar-refractivity contribution >= 4 is 27.5 Å². The average Bonchev–Trinajstić information content (AvgIpc) is 2.41. The lowest BCUT2D eigenvalue weighted by Gasteiger charge is -2.14. The van der Waals surface area contributed by atoms with Crippen LogP contribution in [0.4, 0.5) is 13.2 Å². The highest BCUT2D eigenvalue weighted by Gasteiger charge is 2.34. The number of hydrogen-bond donors (Lipinski definition) is 0. The highest BCUT2D eigenvalue weighted by Crippen LogP contribution is 2.36. The van der Waals surface area contributed by atoms with Crippen LogP contribution in [0.15, 0.2) is 33.5 Å². The van der Waals surface area contributed by atoms with Gasteiger partial charge in [-0.3, -0.25) is 4.79 Å². The largest absolute Gasteiger partial charge is 0.496 e. The van der Waals surface area contributed by atoms with Gasteiger partial charge < -0.3 is 9.30 Å². The minimum Gasteiger partial charge on any atom is -0.496 e. The van der Waals surface area contributed by atoms with Crippen LogP contribution in [0.25, 0.3) is 11.1 Å². The predicted molar refractivity (Wildman–Crippen MR) is 81.4 cm³/mol. The number of rotatable bonds is 2. The van der Waals surface area contributed by atoms with Gasteiger partial charge in [0.15, 0.2) is 0 Å². The summed E-state index contributed by atoms with van der Waals surface area (Å²) in [6.45, 7) is 0. The molecule has 0 fully saturated rings. The van der Waals surface area contributed by atoms with Crippen LogP contribution in [0.1, 0.15) is 5.69 Å². The average molecular weight is 397 g/mol. The molecule has 0 amide bonds. The zero-order valence-electron chi connectivity index (χ0n) is 11.5. The Morgan fingerprint density at radius 1 is 1.23 bits per heavy atom. The number of methoxy groups -OCH3 is 1. The van der Waals surface area contributed by atoms with Gasteiger partial charge in [0.1, 0.15) is 11.4 Å². The van der Waals surface area contributed by atoms with Crippen LogP contribution in [0.5, 0.6) is 5.75 Å². The van der Waals surface area contributed by atoms with Gasteiger partial charge in [-0.05, 0) is 40.2 Å². The van der Waals surface area contributed by atoms with Crippen molar-refractivity contribution in [2.24, 2.45) is 7.05 Å². The van der Waals surface area contributed by atoms with Gasteiger partial charge in [0.25, 0.3) is 5.56 Å². The first-order valence-electron chi connectivity index (χ1n) is 5.97. The second kappa shape index (κ2) is 5.96. The molecule has 1 aromatic carbocycles. The second-order valence-electron chi connectivity index (χ2n) is 4.46. The van der Waals surface area contributed by atoms with Crippen LogP contribution < -0.4 is 10.3 Å². The fourth-order valence-electron chi connectivity index (χ4n) is 2.02. The van der Waals surface area contributed by atoms with Gasteiger partial charge in [0.05, 0.1) is 11.6 Å². The summed E-state index contributed by atoms with van der Waals surface area (Å²) in [7, 11) is 2.50. The quantitative estimate of drug-likeness (QED) is 0.749. The van der Waals surface area contributed by atoms with Crippen molar-refractivity contribution in [3.8, 4) is 16.9 Å². The van der Waals surface area contributed by atoms with Crippen molar-refractivity contribution in [1.82, 2.24) is 4.57 Å². The SMILES string of the molecule is COc1cc(-c2ccc(C(F)(F)F)n(C)c2=O)c(Cl)cc1Br. The molecule has 0 saturated carbocycles. The molecule has 22 heavy (non-hydrogen) atoms. The molecule has 2 aromatic rings. The summed E-state index contributed by atoms with van der Waals surface area (Å²) in [5, 5.41) is 0.226. The van der Waals surface area contributed by atoms with Crippen LogP contribution in [-0.4, -0.2) is 11.7 Å². The van der Waals surface area contributed by atoms with Crippen molar-refractivity contribution < 1.29 is 17.9 Å². The first-order valence-corrected chi connectivity index (χ1v) is 7.14. The third-order valence-corrected chi connectivity index (χ3v) is 4.06. The number of aromatic nitrogens is 1. The number of pyridine rings is 1. The summed E-state index contributed by atoms with van der Waals surface area (Å²) in [6, 6.07) is 4.98. The molecule has 0 unspecified atom stereocenters. The number of benzene rings is 1. The Morgan fingerprint density at radius 3 is 2.41 bits per heavy atom. The first-order chi connectivity index (χ1) is 10.2. The van der Waals surface area contributed by atoms with E-state index in [2.05, 4.69) is 15.9 Å². The highest BCUT2D eigenvalue weighted by atomic mass is 79.9. The van der Waals surface area contributed by atoms with Crippen LogP contribution in [0.3, 0.4) is 0 Å². The van der Waals surface area contributed by atoms with E-state index in [9.17, 15) is 18.0 Å². The van der Waals surface area contributed by atoms with Crippen molar-refractivity contribution in [2.45, 2.75) is 6.18 Å². The Bertz CT molecular complexity index is 787. The van der Waals surface area contributed by atoms with Crippen LogP contribution in [0.2, 0.25) is 5.02 Å². The number of alkyl halides is 3. The number of halogens is 5. The molecule has 0 aliphatic heterocycles. The van der Waals surface area contributed by atoms with Gasteiger partial charge >= 0.3 is 6.18 Å².